The number of halogens is 1. The van der Waals surface area contributed by atoms with Crippen molar-refractivity contribution in [2.75, 3.05) is 5.73 Å². The van der Waals surface area contributed by atoms with Gasteiger partial charge in [0.05, 0.1) is 22.1 Å². The predicted octanol–water partition coefficient (Wildman–Crippen LogP) is 2.07. The number of aliphatic hydroxyl groups is 1. The third-order valence-corrected chi connectivity index (χ3v) is 5.54. The first-order valence-corrected chi connectivity index (χ1v) is 8.95. The second-order valence-corrected chi connectivity index (χ2v) is 7.14. The highest BCUT2D eigenvalue weighted by atomic mass is 19.1. The van der Waals surface area contributed by atoms with Crippen molar-refractivity contribution in [1.82, 2.24) is 9.38 Å². The van der Waals surface area contributed by atoms with Crippen molar-refractivity contribution in [3.8, 4) is 11.8 Å². The number of benzene rings is 1. The summed E-state index contributed by atoms with van der Waals surface area (Å²) in [6.07, 6.45) is -0.132. The second-order valence-electron chi connectivity index (χ2n) is 7.14. The van der Waals surface area contributed by atoms with Gasteiger partial charge in [0.2, 0.25) is 11.8 Å². The molecule has 0 saturated carbocycles. The number of carbonyl (C=O) groups excluding carboxylic acids is 2. The summed E-state index contributed by atoms with van der Waals surface area (Å²) in [5, 5.41) is 32.9. The molecule has 9 nitrogen and oxygen atoms in total. The Hall–Kier alpha value is -3.92. The van der Waals surface area contributed by atoms with Gasteiger partial charge in [-0.1, -0.05) is 6.92 Å². The molecule has 0 amide bonds. The first kappa shape index (κ1) is 18.1. The van der Waals surface area contributed by atoms with E-state index in [1.807, 2.05) is 0 Å². The fourth-order valence-corrected chi connectivity index (χ4v) is 3.90. The Kier molecular flexibility index (Phi) is 3.37. The molecule has 0 radical (unpaired) electrons. The van der Waals surface area contributed by atoms with Crippen LogP contribution in [0.5, 0.6) is 11.8 Å². The molecule has 3 aromatic heterocycles. The van der Waals surface area contributed by atoms with Crippen LogP contribution < -0.4 is 5.73 Å². The number of aromatic hydroxyl groups is 2. The average molecular weight is 411 g/mol. The fraction of sp³-hybridized carbons (Fsp3) is 0.150. The Morgan fingerprint density at radius 2 is 1.93 bits per heavy atom. The molecule has 0 saturated heterocycles. The van der Waals surface area contributed by atoms with Crippen LogP contribution in [-0.4, -0.2) is 36.6 Å². The van der Waals surface area contributed by atoms with E-state index in [0.29, 0.717) is 5.39 Å². The third kappa shape index (κ3) is 2.05. The van der Waals surface area contributed by atoms with Gasteiger partial charge >= 0.3 is 11.9 Å². The van der Waals surface area contributed by atoms with Gasteiger partial charge in [0, 0.05) is 17.0 Å². The molecule has 1 aliphatic rings. The van der Waals surface area contributed by atoms with E-state index in [2.05, 4.69) is 9.72 Å². The van der Waals surface area contributed by atoms with Gasteiger partial charge in [0.1, 0.15) is 16.9 Å². The number of esters is 2. The van der Waals surface area contributed by atoms with Crippen molar-refractivity contribution in [3.63, 3.8) is 0 Å². The van der Waals surface area contributed by atoms with Crippen molar-refractivity contribution in [2.24, 2.45) is 0 Å². The maximum absolute atomic E-state index is 13.9. The molecular formula is C20H14FN3O6. The minimum atomic E-state index is -2.17. The molecule has 1 aromatic carbocycles. The van der Waals surface area contributed by atoms with Crippen LogP contribution in [0.4, 0.5) is 10.1 Å². The molecule has 1 aliphatic heterocycles. The highest BCUT2D eigenvalue weighted by Crippen LogP contribution is 2.44. The van der Waals surface area contributed by atoms with Crippen LogP contribution in [0.1, 0.15) is 29.3 Å². The quantitative estimate of drug-likeness (QED) is 0.211. The van der Waals surface area contributed by atoms with E-state index < -0.39 is 40.7 Å². The van der Waals surface area contributed by atoms with Crippen LogP contribution in [0.25, 0.3) is 27.3 Å². The smallest absolute Gasteiger partial charge is 0.351 e. The van der Waals surface area contributed by atoms with Crippen molar-refractivity contribution < 1.29 is 34.0 Å². The van der Waals surface area contributed by atoms with Gasteiger partial charge in [-0.05, 0) is 24.6 Å². The number of nitrogens with zero attached hydrogens (tertiary/aromatic N) is 2. The number of pyridine rings is 2. The Morgan fingerprint density at radius 1 is 1.20 bits per heavy atom. The highest BCUT2D eigenvalue weighted by molar-refractivity contribution is 6.10. The lowest BCUT2D eigenvalue weighted by molar-refractivity contribution is -0.162. The van der Waals surface area contributed by atoms with Crippen LogP contribution in [0, 0.1) is 5.82 Å². The molecule has 0 aliphatic carbocycles. The molecule has 10 heteroatoms. The zero-order valence-corrected chi connectivity index (χ0v) is 15.4. The summed E-state index contributed by atoms with van der Waals surface area (Å²) in [6.45, 7) is 1.51. The number of ether oxygens (including phenoxy) is 1. The minimum Gasteiger partial charge on any atom is -0.494 e. The monoisotopic (exact) mass is 411 g/mol. The number of nitrogen functional groups attached to an aromatic ring is 1. The molecule has 0 unspecified atom stereocenters. The van der Waals surface area contributed by atoms with Gasteiger partial charge in [0.25, 0.3) is 0 Å². The summed E-state index contributed by atoms with van der Waals surface area (Å²) in [7, 11) is 0. The lowest BCUT2D eigenvalue weighted by atomic mass is 9.86. The third-order valence-electron chi connectivity index (χ3n) is 5.54. The van der Waals surface area contributed by atoms with E-state index in [1.165, 1.54) is 25.1 Å². The molecule has 0 bridgehead atoms. The van der Waals surface area contributed by atoms with Crippen molar-refractivity contribution >= 4 is 44.9 Å². The molecule has 0 fully saturated rings. The average Bonchev–Trinajstić information content (AvgIpc) is 2.97. The first-order valence-electron chi connectivity index (χ1n) is 8.95. The number of nitrogens with two attached hydrogens (primary N) is 1. The Bertz CT molecular complexity index is 1460. The van der Waals surface area contributed by atoms with E-state index in [4.69, 9.17) is 5.73 Å². The zero-order chi connectivity index (χ0) is 21.5. The molecule has 5 rings (SSSR count). The molecule has 30 heavy (non-hydrogen) atoms. The number of carbonyl (C=O) groups is 2. The standard InChI is InChI=1S/C20H14FN3O6/c1-2-20(29)9-5-13-15-8(3-7-4-11(22)10(21)6-12(7)23-15)16(25)24(13)17(26)14(9)18(27)30-19(20)28/h3-6,25-26,29H,2,22H2,1H3/t20-/m0/s1. The molecule has 5 N–H and O–H groups in total. The summed E-state index contributed by atoms with van der Waals surface area (Å²) >= 11 is 0. The summed E-state index contributed by atoms with van der Waals surface area (Å²) in [4.78, 5) is 28.8. The predicted molar refractivity (Wildman–Crippen MR) is 103 cm³/mol. The number of hydrogen-bond acceptors (Lipinski definition) is 8. The van der Waals surface area contributed by atoms with E-state index in [9.17, 15) is 29.3 Å². The van der Waals surface area contributed by atoms with Crippen LogP contribution in [-0.2, 0) is 15.1 Å². The lowest BCUT2D eigenvalue weighted by Gasteiger charge is -2.30. The number of cyclic esters (lactones) is 2. The van der Waals surface area contributed by atoms with Crippen molar-refractivity contribution in [3.05, 3.63) is 41.2 Å². The van der Waals surface area contributed by atoms with E-state index in [-0.39, 0.29) is 39.6 Å². The highest BCUT2D eigenvalue weighted by Gasteiger charge is 2.48. The fourth-order valence-electron chi connectivity index (χ4n) is 3.90. The number of fused-ring (bicyclic) bond motifs is 5. The van der Waals surface area contributed by atoms with Gasteiger partial charge < -0.3 is 25.8 Å². The Morgan fingerprint density at radius 3 is 2.63 bits per heavy atom. The van der Waals surface area contributed by atoms with E-state index in [0.717, 1.165) is 10.5 Å². The Labute approximate surface area is 166 Å². The second kappa shape index (κ2) is 5.57. The number of aromatic nitrogens is 2. The zero-order valence-electron chi connectivity index (χ0n) is 15.4. The molecular weight excluding hydrogens is 397 g/mol. The normalized spacial score (nSPS) is 18.9. The van der Waals surface area contributed by atoms with E-state index in [1.54, 1.807) is 0 Å². The topological polar surface area (TPSA) is 147 Å². The van der Waals surface area contributed by atoms with Crippen LogP contribution in [0.3, 0.4) is 0 Å². The van der Waals surface area contributed by atoms with Gasteiger partial charge in [0.15, 0.2) is 5.60 Å². The summed E-state index contributed by atoms with van der Waals surface area (Å²) < 4.78 is 19.5. The van der Waals surface area contributed by atoms with Gasteiger partial charge in [-0.25, -0.2) is 23.4 Å². The molecule has 0 spiro atoms. The van der Waals surface area contributed by atoms with Gasteiger partial charge in [-0.15, -0.1) is 0 Å². The molecule has 152 valence electrons. The maximum Gasteiger partial charge on any atom is 0.351 e. The molecule has 4 aromatic rings. The summed E-state index contributed by atoms with van der Waals surface area (Å²) in [5.41, 5.74) is 3.22. The van der Waals surface area contributed by atoms with Crippen LogP contribution in [0.15, 0.2) is 24.3 Å². The summed E-state index contributed by atoms with van der Waals surface area (Å²) in [6, 6.07) is 5.27. The minimum absolute atomic E-state index is 0.0977. The molecule has 1 atom stereocenters. The first-order chi connectivity index (χ1) is 14.2. The van der Waals surface area contributed by atoms with Gasteiger partial charge in [-0.2, -0.15) is 0 Å². The van der Waals surface area contributed by atoms with E-state index >= 15 is 0 Å². The lowest BCUT2D eigenvalue weighted by Crippen LogP contribution is -2.43. The van der Waals surface area contributed by atoms with Crippen molar-refractivity contribution in [1.29, 1.82) is 0 Å². The SMILES string of the molecule is CC[C@@]1(O)C(=O)OC(=O)c2c1cc1c3nc4cc(F)c(N)cc4cc3c(O)n1c2O. The maximum atomic E-state index is 13.9. The Balaban J connectivity index is 1.98. The van der Waals surface area contributed by atoms with Gasteiger partial charge in [-0.3, -0.25) is 0 Å². The molecule has 4 heterocycles. The van der Waals surface area contributed by atoms with Crippen LogP contribution >= 0.6 is 0 Å². The number of hydrogen-bond donors (Lipinski definition) is 4. The summed E-state index contributed by atoms with van der Waals surface area (Å²) in [5.74, 6) is -4.16. The number of rotatable bonds is 1. The van der Waals surface area contributed by atoms with Crippen molar-refractivity contribution in [2.45, 2.75) is 18.9 Å². The number of anilines is 1. The largest absolute Gasteiger partial charge is 0.494 e. The van der Waals surface area contributed by atoms with Crippen LogP contribution in [0.2, 0.25) is 0 Å².